The van der Waals surface area contributed by atoms with Gasteiger partial charge in [0.2, 0.25) is 0 Å². The summed E-state index contributed by atoms with van der Waals surface area (Å²) in [5, 5.41) is 0. The number of aryl methyl sites for hydroxylation is 1. The third-order valence-corrected chi connectivity index (χ3v) is 3.37. The van der Waals surface area contributed by atoms with Gasteiger partial charge in [-0.05, 0) is 31.9 Å². The lowest BCUT2D eigenvalue weighted by Crippen LogP contribution is -2.24. The van der Waals surface area contributed by atoms with Crippen LogP contribution in [-0.4, -0.2) is 21.5 Å². The Morgan fingerprint density at radius 3 is 2.94 bits per heavy atom. The molecule has 1 saturated heterocycles. The van der Waals surface area contributed by atoms with E-state index in [9.17, 15) is 0 Å². The van der Waals surface area contributed by atoms with Crippen LogP contribution in [0.4, 0.5) is 5.82 Å². The zero-order valence-corrected chi connectivity index (χ0v) is 10.5. The molecule has 3 heterocycles. The van der Waals surface area contributed by atoms with Crippen molar-refractivity contribution in [2.45, 2.75) is 25.8 Å². The van der Waals surface area contributed by atoms with Crippen LogP contribution in [0.15, 0.2) is 36.8 Å². The maximum atomic E-state index is 4.47. The van der Waals surface area contributed by atoms with Crippen LogP contribution in [0.25, 0.3) is 0 Å². The van der Waals surface area contributed by atoms with Gasteiger partial charge in [0.25, 0.3) is 0 Å². The highest BCUT2D eigenvalue weighted by molar-refractivity contribution is 5.43. The SMILES string of the molecule is Cc1cc(N2CCC[C@H]2c2ccccn2)ncn1. The molecule has 0 unspecified atom stereocenters. The molecular formula is C14H16N4. The fraction of sp³-hybridized carbons (Fsp3) is 0.357. The van der Waals surface area contributed by atoms with Crippen LogP contribution in [0.5, 0.6) is 0 Å². The van der Waals surface area contributed by atoms with Crippen LogP contribution < -0.4 is 4.90 Å². The van der Waals surface area contributed by atoms with E-state index >= 15 is 0 Å². The highest BCUT2D eigenvalue weighted by atomic mass is 15.2. The van der Waals surface area contributed by atoms with E-state index in [1.54, 1.807) is 6.33 Å². The van der Waals surface area contributed by atoms with E-state index in [-0.39, 0.29) is 0 Å². The van der Waals surface area contributed by atoms with Crippen molar-refractivity contribution < 1.29 is 0 Å². The molecule has 2 aromatic rings. The third kappa shape index (κ3) is 2.06. The number of hydrogen-bond donors (Lipinski definition) is 0. The van der Waals surface area contributed by atoms with Crippen molar-refractivity contribution >= 4 is 5.82 Å². The predicted octanol–water partition coefficient (Wildman–Crippen LogP) is 2.52. The fourth-order valence-corrected chi connectivity index (χ4v) is 2.52. The second-order valence-corrected chi connectivity index (χ2v) is 4.62. The van der Waals surface area contributed by atoms with E-state index in [0.717, 1.165) is 30.2 Å². The summed E-state index contributed by atoms with van der Waals surface area (Å²) in [7, 11) is 0. The van der Waals surface area contributed by atoms with E-state index in [1.165, 1.54) is 6.42 Å². The molecular weight excluding hydrogens is 224 g/mol. The summed E-state index contributed by atoms with van der Waals surface area (Å²) >= 11 is 0. The van der Waals surface area contributed by atoms with Crippen molar-refractivity contribution in [3.63, 3.8) is 0 Å². The van der Waals surface area contributed by atoms with Gasteiger partial charge in [0.1, 0.15) is 12.1 Å². The Morgan fingerprint density at radius 1 is 1.22 bits per heavy atom. The van der Waals surface area contributed by atoms with Crippen LogP contribution in [0.3, 0.4) is 0 Å². The van der Waals surface area contributed by atoms with Gasteiger partial charge in [-0.15, -0.1) is 0 Å². The molecule has 0 spiro atoms. The van der Waals surface area contributed by atoms with Gasteiger partial charge < -0.3 is 4.90 Å². The lowest BCUT2D eigenvalue weighted by molar-refractivity contribution is 0.686. The first-order chi connectivity index (χ1) is 8.84. The van der Waals surface area contributed by atoms with Crippen molar-refractivity contribution in [2.24, 2.45) is 0 Å². The monoisotopic (exact) mass is 240 g/mol. The summed E-state index contributed by atoms with van der Waals surface area (Å²) in [6, 6.07) is 8.49. The van der Waals surface area contributed by atoms with Crippen molar-refractivity contribution in [3.05, 3.63) is 48.2 Å². The number of anilines is 1. The second-order valence-electron chi connectivity index (χ2n) is 4.62. The third-order valence-electron chi connectivity index (χ3n) is 3.37. The first-order valence-corrected chi connectivity index (χ1v) is 6.31. The lowest BCUT2D eigenvalue weighted by Gasteiger charge is -2.25. The Morgan fingerprint density at radius 2 is 2.17 bits per heavy atom. The standard InChI is InChI=1S/C14H16N4/c1-11-9-14(17-10-16-11)18-8-4-6-13(18)12-5-2-3-7-15-12/h2-3,5,7,9-10,13H,4,6,8H2,1H3/t13-/m0/s1. The minimum Gasteiger partial charge on any atom is -0.348 e. The summed E-state index contributed by atoms with van der Waals surface area (Å²) in [6.07, 6.45) is 5.82. The fourth-order valence-electron chi connectivity index (χ4n) is 2.52. The Labute approximate surface area is 107 Å². The average Bonchev–Trinajstić information content (AvgIpc) is 2.89. The molecule has 1 fully saturated rings. The molecule has 0 bridgehead atoms. The van der Waals surface area contributed by atoms with E-state index in [0.29, 0.717) is 6.04 Å². The van der Waals surface area contributed by atoms with Crippen LogP contribution >= 0.6 is 0 Å². The highest BCUT2D eigenvalue weighted by Crippen LogP contribution is 2.33. The van der Waals surface area contributed by atoms with Gasteiger partial charge in [-0.3, -0.25) is 4.98 Å². The summed E-state index contributed by atoms with van der Waals surface area (Å²) < 4.78 is 0. The van der Waals surface area contributed by atoms with Gasteiger partial charge in [-0.2, -0.15) is 0 Å². The Kier molecular flexibility index (Phi) is 2.92. The van der Waals surface area contributed by atoms with Crippen LogP contribution in [0.2, 0.25) is 0 Å². The molecule has 1 aliphatic heterocycles. The quantitative estimate of drug-likeness (QED) is 0.809. The van der Waals surface area contributed by atoms with Gasteiger partial charge in [-0.1, -0.05) is 6.07 Å². The minimum absolute atomic E-state index is 0.348. The van der Waals surface area contributed by atoms with Gasteiger partial charge in [0.05, 0.1) is 11.7 Å². The summed E-state index contributed by atoms with van der Waals surface area (Å²) in [5.41, 5.74) is 2.14. The first kappa shape index (κ1) is 11.1. The van der Waals surface area contributed by atoms with E-state index in [2.05, 4.69) is 25.9 Å². The van der Waals surface area contributed by atoms with Crippen LogP contribution in [0.1, 0.15) is 30.3 Å². The Bertz CT molecular complexity index is 526. The number of hydrogen-bond acceptors (Lipinski definition) is 4. The van der Waals surface area contributed by atoms with Gasteiger partial charge in [-0.25, -0.2) is 9.97 Å². The average molecular weight is 240 g/mol. The zero-order valence-electron chi connectivity index (χ0n) is 10.5. The van der Waals surface area contributed by atoms with Crippen molar-refractivity contribution in [2.75, 3.05) is 11.4 Å². The maximum absolute atomic E-state index is 4.47. The van der Waals surface area contributed by atoms with E-state index < -0.39 is 0 Å². The van der Waals surface area contributed by atoms with Crippen LogP contribution in [0, 0.1) is 6.92 Å². The molecule has 2 aromatic heterocycles. The van der Waals surface area contributed by atoms with Crippen molar-refractivity contribution in [1.29, 1.82) is 0 Å². The molecule has 0 aliphatic carbocycles. The normalized spacial score (nSPS) is 19.2. The predicted molar refractivity (Wildman–Crippen MR) is 70.3 cm³/mol. The molecule has 0 saturated carbocycles. The molecule has 18 heavy (non-hydrogen) atoms. The molecule has 0 N–H and O–H groups in total. The molecule has 0 radical (unpaired) electrons. The number of aromatic nitrogens is 3. The molecule has 0 aromatic carbocycles. The second kappa shape index (κ2) is 4.72. The lowest BCUT2D eigenvalue weighted by atomic mass is 10.1. The highest BCUT2D eigenvalue weighted by Gasteiger charge is 2.27. The van der Waals surface area contributed by atoms with Gasteiger partial charge in [0, 0.05) is 24.5 Å². The smallest absolute Gasteiger partial charge is 0.132 e. The summed E-state index contributed by atoms with van der Waals surface area (Å²) in [5.74, 6) is 1.01. The topological polar surface area (TPSA) is 41.9 Å². The molecule has 3 rings (SSSR count). The Balaban J connectivity index is 1.92. The number of pyridine rings is 1. The summed E-state index contributed by atoms with van der Waals surface area (Å²) in [4.78, 5) is 15.3. The molecule has 0 amide bonds. The number of rotatable bonds is 2. The molecule has 1 atom stereocenters. The zero-order chi connectivity index (χ0) is 12.4. The van der Waals surface area contributed by atoms with E-state index in [4.69, 9.17) is 0 Å². The van der Waals surface area contributed by atoms with Gasteiger partial charge >= 0.3 is 0 Å². The van der Waals surface area contributed by atoms with Crippen molar-refractivity contribution in [1.82, 2.24) is 15.0 Å². The molecule has 4 nitrogen and oxygen atoms in total. The maximum Gasteiger partial charge on any atom is 0.132 e. The first-order valence-electron chi connectivity index (χ1n) is 6.31. The van der Waals surface area contributed by atoms with Crippen molar-refractivity contribution in [3.8, 4) is 0 Å². The van der Waals surface area contributed by atoms with Crippen LogP contribution in [-0.2, 0) is 0 Å². The van der Waals surface area contributed by atoms with E-state index in [1.807, 2.05) is 31.3 Å². The van der Waals surface area contributed by atoms with Gasteiger partial charge in [0.15, 0.2) is 0 Å². The Hall–Kier alpha value is -1.97. The summed E-state index contributed by atoms with van der Waals surface area (Å²) in [6.45, 7) is 3.04. The molecule has 4 heteroatoms. The molecule has 1 aliphatic rings. The number of nitrogens with zero attached hydrogens (tertiary/aromatic N) is 4. The molecule has 92 valence electrons. The largest absolute Gasteiger partial charge is 0.348 e. The minimum atomic E-state index is 0.348.